The molecule has 1 rings (SSSR count). The zero-order valence-electron chi connectivity index (χ0n) is 6.03. The van der Waals surface area contributed by atoms with Crippen molar-refractivity contribution in [3.63, 3.8) is 0 Å². The van der Waals surface area contributed by atoms with E-state index in [0.717, 1.165) is 5.30 Å². The molecule has 0 aromatic carbocycles. The Morgan fingerprint density at radius 1 is 1.64 bits per heavy atom. The van der Waals surface area contributed by atoms with Crippen LogP contribution in [0.5, 0.6) is 0 Å². The van der Waals surface area contributed by atoms with Gasteiger partial charge in [0.25, 0.3) is 5.69 Å². The van der Waals surface area contributed by atoms with E-state index in [4.69, 9.17) is 5.26 Å². The second-order valence-electron chi connectivity index (χ2n) is 2.17. The molecule has 3 nitrogen and oxygen atoms in total. The van der Waals surface area contributed by atoms with Gasteiger partial charge in [0, 0.05) is 18.3 Å². The van der Waals surface area contributed by atoms with Crippen molar-refractivity contribution in [2.45, 2.75) is 6.92 Å². The highest BCUT2D eigenvalue weighted by Gasteiger charge is 2.08. The first-order valence-corrected chi connectivity index (χ1v) is 3.63. The van der Waals surface area contributed by atoms with E-state index in [1.54, 1.807) is 19.1 Å². The largest absolute Gasteiger partial charge is 0.618 e. The van der Waals surface area contributed by atoms with Gasteiger partial charge in [0.2, 0.25) is 0 Å². The first kappa shape index (κ1) is 7.97. The van der Waals surface area contributed by atoms with Gasteiger partial charge in [-0.05, 0) is 6.07 Å². The van der Waals surface area contributed by atoms with Crippen LogP contribution in [0.25, 0.3) is 0 Å². The molecule has 0 amide bonds. The first-order valence-electron chi connectivity index (χ1n) is 3.05. The maximum absolute atomic E-state index is 11.1. The van der Waals surface area contributed by atoms with Crippen molar-refractivity contribution in [1.29, 1.82) is 5.26 Å². The average Bonchev–Trinajstić information content (AvgIpc) is 2.01. The zero-order chi connectivity index (χ0) is 8.43. The molecule has 0 bridgehead atoms. The van der Waals surface area contributed by atoms with Gasteiger partial charge in [0.15, 0.2) is 11.8 Å². The van der Waals surface area contributed by atoms with Gasteiger partial charge >= 0.3 is 0 Å². The topological polar surface area (TPSA) is 50.7 Å². The van der Waals surface area contributed by atoms with Gasteiger partial charge in [-0.25, -0.2) is 0 Å². The summed E-state index contributed by atoms with van der Waals surface area (Å²) >= 11 is 0. The Morgan fingerprint density at radius 2 is 2.27 bits per heavy atom. The Hall–Kier alpha value is -1.13. The van der Waals surface area contributed by atoms with Crippen LogP contribution in [0.4, 0.5) is 0 Å². The van der Waals surface area contributed by atoms with E-state index in [9.17, 15) is 5.21 Å². The molecule has 1 atom stereocenters. The molecule has 1 aromatic rings. The fourth-order valence-electron chi connectivity index (χ4n) is 0.738. The molecule has 0 spiro atoms. The Balaban J connectivity index is 3.40. The number of pyridine rings is 1. The number of nitrogens with zero attached hydrogens (tertiary/aromatic N) is 2. The summed E-state index contributed by atoms with van der Waals surface area (Å²) in [5.41, 5.74) is 0.683. The Kier molecular flexibility index (Phi) is 2.07. The van der Waals surface area contributed by atoms with E-state index < -0.39 is 0 Å². The van der Waals surface area contributed by atoms with Crippen molar-refractivity contribution in [3.05, 3.63) is 28.7 Å². The molecular formula is C7H7N2OP. The second-order valence-corrected chi connectivity index (χ2v) is 2.79. The normalized spacial score (nSPS) is 9.18. The molecule has 4 heteroatoms. The third-order valence-electron chi connectivity index (χ3n) is 1.48. The predicted molar refractivity (Wildman–Crippen MR) is 44.2 cm³/mol. The summed E-state index contributed by atoms with van der Waals surface area (Å²) < 4.78 is 0.627. The summed E-state index contributed by atoms with van der Waals surface area (Å²) in [5, 5.41) is 20.4. The van der Waals surface area contributed by atoms with E-state index >= 15 is 0 Å². The van der Waals surface area contributed by atoms with Gasteiger partial charge in [-0.3, -0.25) is 0 Å². The van der Waals surface area contributed by atoms with E-state index in [0.29, 0.717) is 10.4 Å². The Morgan fingerprint density at radius 3 is 2.82 bits per heavy atom. The van der Waals surface area contributed by atoms with Crippen LogP contribution in [-0.4, -0.2) is 0 Å². The second kappa shape index (κ2) is 2.86. The Labute approximate surface area is 67.1 Å². The molecule has 1 aromatic heterocycles. The van der Waals surface area contributed by atoms with Gasteiger partial charge < -0.3 is 5.21 Å². The quantitative estimate of drug-likeness (QED) is 0.309. The molecule has 0 saturated heterocycles. The fraction of sp³-hybridized carbons (Fsp3) is 0.143. The van der Waals surface area contributed by atoms with Crippen LogP contribution in [0.3, 0.4) is 0 Å². The highest BCUT2D eigenvalue weighted by molar-refractivity contribution is 7.27. The molecule has 56 valence electrons. The molecule has 11 heavy (non-hydrogen) atoms. The van der Waals surface area contributed by atoms with Gasteiger partial charge in [-0.15, -0.1) is 0 Å². The molecule has 0 aliphatic heterocycles. The summed E-state index contributed by atoms with van der Waals surface area (Å²) in [6, 6.07) is 5.04. The van der Waals surface area contributed by atoms with Crippen molar-refractivity contribution in [1.82, 2.24) is 0 Å². The molecule has 0 saturated carbocycles. The standard InChI is InChI=1S/C7H7N2OP/c1-5-7(11)3-2-6(4-8)9(5)10/h2-3H,11H2,1H3. The number of rotatable bonds is 0. The van der Waals surface area contributed by atoms with Crippen LogP contribution < -0.4 is 10.0 Å². The maximum atomic E-state index is 11.1. The number of aromatic nitrogens is 1. The third-order valence-corrected chi connectivity index (χ3v) is 2.09. The third kappa shape index (κ3) is 1.31. The summed E-state index contributed by atoms with van der Waals surface area (Å²) in [7, 11) is 2.43. The molecule has 0 aliphatic carbocycles. The Bertz CT molecular complexity index is 330. The van der Waals surface area contributed by atoms with E-state index in [2.05, 4.69) is 9.24 Å². The van der Waals surface area contributed by atoms with Crippen LogP contribution in [0, 0.1) is 23.5 Å². The molecule has 1 unspecified atom stereocenters. The highest BCUT2D eigenvalue weighted by Crippen LogP contribution is 1.95. The van der Waals surface area contributed by atoms with Gasteiger partial charge in [0.1, 0.15) is 0 Å². The van der Waals surface area contributed by atoms with Crippen molar-refractivity contribution in [3.8, 4) is 6.07 Å². The SMILES string of the molecule is Cc1c(P)ccc(C#N)[n+]1[O-]. The average molecular weight is 166 g/mol. The molecule has 0 fully saturated rings. The van der Waals surface area contributed by atoms with Gasteiger partial charge in [-0.2, -0.15) is 9.99 Å². The highest BCUT2D eigenvalue weighted by atomic mass is 31.0. The lowest BCUT2D eigenvalue weighted by Gasteiger charge is -2.02. The van der Waals surface area contributed by atoms with Gasteiger partial charge in [0.05, 0.1) is 0 Å². The van der Waals surface area contributed by atoms with Crippen molar-refractivity contribution >= 4 is 14.5 Å². The summed E-state index contributed by atoms with van der Waals surface area (Å²) in [5.74, 6) is 0. The van der Waals surface area contributed by atoms with Crippen LogP contribution in [0.1, 0.15) is 11.4 Å². The fourth-order valence-corrected chi connectivity index (χ4v) is 0.951. The number of hydrogen-bond acceptors (Lipinski definition) is 2. The zero-order valence-corrected chi connectivity index (χ0v) is 7.19. The maximum Gasteiger partial charge on any atom is 0.294 e. The molecule has 0 radical (unpaired) electrons. The van der Waals surface area contributed by atoms with Crippen molar-refractivity contribution in [2.24, 2.45) is 0 Å². The minimum Gasteiger partial charge on any atom is -0.618 e. The van der Waals surface area contributed by atoms with Crippen LogP contribution in [0.2, 0.25) is 0 Å². The first-order chi connectivity index (χ1) is 5.16. The predicted octanol–water partition coefficient (Wildman–Crippen LogP) is 0.000500. The summed E-state index contributed by atoms with van der Waals surface area (Å²) in [4.78, 5) is 0. The lowest BCUT2D eigenvalue weighted by atomic mass is 10.3. The molecule has 0 N–H and O–H groups in total. The van der Waals surface area contributed by atoms with Crippen molar-refractivity contribution < 1.29 is 4.73 Å². The minimum atomic E-state index is 0.133. The molecule has 0 aliphatic rings. The number of nitriles is 1. The number of hydrogen-bond donors (Lipinski definition) is 0. The van der Waals surface area contributed by atoms with Crippen molar-refractivity contribution in [2.75, 3.05) is 0 Å². The lowest BCUT2D eigenvalue weighted by Crippen LogP contribution is -2.37. The smallest absolute Gasteiger partial charge is 0.294 e. The summed E-state index contributed by atoms with van der Waals surface area (Å²) in [6.07, 6.45) is 0. The van der Waals surface area contributed by atoms with E-state index in [1.165, 1.54) is 6.07 Å². The van der Waals surface area contributed by atoms with E-state index in [-0.39, 0.29) is 5.69 Å². The van der Waals surface area contributed by atoms with Crippen LogP contribution >= 0.6 is 9.24 Å². The van der Waals surface area contributed by atoms with E-state index in [1.807, 2.05) is 0 Å². The van der Waals surface area contributed by atoms with Crippen LogP contribution in [0.15, 0.2) is 12.1 Å². The van der Waals surface area contributed by atoms with Gasteiger partial charge in [-0.1, -0.05) is 9.24 Å². The minimum absolute atomic E-state index is 0.133. The van der Waals surface area contributed by atoms with Crippen LogP contribution in [-0.2, 0) is 0 Å². The molecular weight excluding hydrogens is 159 g/mol. The lowest BCUT2D eigenvalue weighted by molar-refractivity contribution is -0.614. The summed E-state index contributed by atoms with van der Waals surface area (Å²) in [6.45, 7) is 1.68. The molecule has 1 heterocycles. The monoisotopic (exact) mass is 166 g/mol.